The van der Waals surface area contributed by atoms with E-state index >= 15 is 0 Å². The smallest absolute Gasteiger partial charge is 0.0127 e. The topological polar surface area (TPSA) is 26.0 Å². The Morgan fingerprint density at radius 2 is 1.71 bits per heavy atom. The van der Waals surface area contributed by atoms with E-state index in [9.17, 15) is 0 Å². The maximum Gasteiger partial charge on any atom is 0.0127 e. The molecule has 14 heavy (non-hydrogen) atoms. The van der Waals surface area contributed by atoms with Crippen molar-refractivity contribution in [2.75, 3.05) is 0 Å². The van der Waals surface area contributed by atoms with Crippen molar-refractivity contribution in [3.63, 3.8) is 0 Å². The Kier molecular flexibility index (Phi) is 1.81. The summed E-state index contributed by atoms with van der Waals surface area (Å²) in [7, 11) is 0. The second-order valence-electron chi connectivity index (χ2n) is 6.39. The van der Waals surface area contributed by atoms with Crippen LogP contribution in [-0.4, -0.2) is 6.04 Å². The predicted octanol–water partition coefficient (Wildman–Crippen LogP) is 2.80. The lowest BCUT2D eigenvalue weighted by Gasteiger charge is -2.39. The lowest BCUT2D eigenvalue weighted by molar-refractivity contribution is 0.131. The van der Waals surface area contributed by atoms with Crippen molar-refractivity contribution >= 4 is 0 Å². The molecular formula is C13H23N. The molecule has 3 aliphatic rings. The summed E-state index contributed by atoms with van der Waals surface area (Å²) in [5.41, 5.74) is 7.07. The molecule has 1 nitrogen and oxygen atoms in total. The van der Waals surface area contributed by atoms with E-state index in [-0.39, 0.29) is 0 Å². The highest BCUT2D eigenvalue weighted by molar-refractivity contribution is 5.11. The molecule has 3 fully saturated rings. The zero-order chi connectivity index (χ0) is 9.92. The monoisotopic (exact) mass is 193 g/mol. The molecule has 0 radical (unpaired) electrons. The first-order chi connectivity index (χ1) is 6.63. The van der Waals surface area contributed by atoms with Crippen molar-refractivity contribution in [1.29, 1.82) is 0 Å². The quantitative estimate of drug-likeness (QED) is 0.629. The standard InChI is InChI=1S/C13H23N/c1-8-6-13(7-9(8)2)11-4-3-10(5-11)12(13)14/h8-12H,3-7,14H2,1-2H3/t8?,9?,10-,11+,12-,13?/m1/s1. The van der Waals surface area contributed by atoms with Crippen molar-refractivity contribution in [2.24, 2.45) is 34.8 Å². The van der Waals surface area contributed by atoms with Crippen LogP contribution in [0.25, 0.3) is 0 Å². The van der Waals surface area contributed by atoms with Gasteiger partial charge in [-0.3, -0.25) is 0 Å². The summed E-state index contributed by atoms with van der Waals surface area (Å²) in [6, 6.07) is 0.550. The third-order valence-corrected chi connectivity index (χ3v) is 5.83. The molecular weight excluding hydrogens is 170 g/mol. The fraction of sp³-hybridized carbons (Fsp3) is 1.00. The Morgan fingerprint density at radius 1 is 1.07 bits per heavy atom. The molecule has 0 aromatic carbocycles. The lowest BCUT2D eigenvalue weighted by Crippen LogP contribution is -2.44. The molecule has 3 saturated carbocycles. The number of nitrogens with two attached hydrogens (primary N) is 1. The van der Waals surface area contributed by atoms with E-state index in [1.54, 1.807) is 0 Å². The molecule has 5 atom stereocenters. The van der Waals surface area contributed by atoms with Crippen molar-refractivity contribution in [2.45, 2.75) is 52.0 Å². The zero-order valence-electron chi connectivity index (χ0n) is 9.50. The van der Waals surface area contributed by atoms with Crippen LogP contribution in [0.2, 0.25) is 0 Å². The molecule has 0 amide bonds. The summed E-state index contributed by atoms with van der Waals surface area (Å²) in [5.74, 6) is 3.72. The molecule has 1 spiro atoms. The second-order valence-corrected chi connectivity index (χ2v) is 6.39. The molecule has 3 aliphatic carbocycles. The lowest BCUT2D eigenvalue weighted by atomic mass is 9.68. The van der Waals surface area contributed by atoms with E-state index in [1.165, 1.54) is 32.1 Å². The van der Waals surface area contributed by atoms with Gasteiger partial charge in [0.1, 0.15) is 0 Å². The SMILES string of the molecule is CC1CC2(CC1C)[C@H]1CC[C@H](C1)[C@H]2N. The van der Waals surface area contributed by atoms with Crippen LogP contribution < -0.4 is 5.73 Å². The van der Waals surface area contributed by atoms with E-state index in [2.05, 4.69) is 13.8 Å². The average Bonchev–Trinajstić information content (AvgIpc) is 2.76. The summed E-state index contributed by atoms with van der Waals surface area (Å²) in [6.07, 6.45) is 7.22. The van der Waals surface area contributed by atoms with Crippen LogP contribution in [0.3, 0.4) is 0 Å². The molecule has 80 valence electrons. The summed E-state index contributed by atoms with van der Waals surface area (Å²) >= 11 is 0. The second kappa shape index (κ2) is 2.75. The molecule has 0 aromatic heterocycles. The average molecular weight is 193 g/mol. The van der Waals surface area contributed by atoms with Gasteiger partial charge in [-0.2, -0.15) is 0 Å². The predicted molar refractivity (Wildman–Crippen MR) is 58.8 cm³/mol. The zero-order valence-corrected chi connectivity index (χ0v) is 9.50. The van der Waals surface area contributed by atoms with E-state index in [4.69, 9.17) is 5.73 Å². The van der Waals surface area contributed by atoms with Gasteiger partial charge >= 0.3 is 0 Å². The van der Waals surface area contributed by atoms with E-state index in [0.29, 0.717) is 11.5 Å². The van der Waals surface area contributed by atoms with Gasteiger partial charge in [0.25, 0.3) is 0 Å². The fourth-order valence-corrected chi connectivity index (χ4v) is 4.90. The molecule has 1 heteroatoms. The maximum absolute atomic E-state index is 6.48. The van der Waals surface area contributed by atoms with Crippen LogP contribution in [0, 0.1) is 29.1 Å². The summed E-state index contributed by atoms with van der Waals surface area (Å²) < 4.78 is 0. The summed E-state index contributed by atoms with van der Waals surface area (Å²) in [6.45, 7) is 4.86. The Balaban J connectivity index is 1.91. The van der Waals surface area contributed by atoms with Crippen molar-refractivity contribution in [3.05, 3.63) is 0 Å². The van der Waals surface area contributed by atoms with Gasteiger partial charge in [-0.05, 0) is 61.2 Å². The molecule has 3 rings (SSSR count). The van der Waals surface area contributed by atoms with Crippen LogP contribution in [0.1, 0.15) is 46.0 Å². The number of fused-ring (bicyclic) bond motifs is 3. The molecule has 2 unspecified atom stereocenters. The molecule has 0 aromatic rings. The highest BCUT2D eigenvalue weighted by Gasteiger charge is 2.59. The first kappa shape index (κ1) is 9.21. The first-order valence-electron chi connectivity index (χ1n) is 6.39. The van der Waals surface area contributed by atoms with E-state index in [1.807, 2.05) is 0 Å². The van der Waals surface area contributed by atoms with E-state index < -0.39 is 0 Å². The first-order valence-corrected chi connectivity index (χ1v) is 6.39. The van der Waals surface area contributed by atoms with Crippen LogP contribution in [-0.2, 0) is 0 Å². The molecule has 0 saturated heterocycles. The number of hydrogen-bond donors (Lipinski definition) is 1. The van der Waals surface area contributed by atoms with E-state index in [0.717, 1.165) is 23.7 Å². The maximum atomic E-state index is 6.48. The Labute approximate surface area is 87.4 Å². The van der Waals surface area contributed by atoms with Gasteiger partial charge in [0, 0.05) is 6.04 Å². The van der Waals surface area contributed by atoms with Crippen molar-refractivity contribution < 1.29 is 0 Å². The summed E-state index contributed by atoms with van der Waals surface area (Å²) in [5, 5.41) is 0. The van der Waals surface area contributed by atoms with Crippen LogP contribution >= 0.6 is 0 Å². The minimum absolute atomic E-state index is 0.550. The Hall–Kier alpha value is -0.0400. The Morgan fingerprint density at radius 3 is 2.21 bits per heavy atom. The van der Waals surface area contributed by atoms with Crippen molar-refractivity contribution in [3.8, 4) is 0 Å². The highest BCUT2D eigenvalue weighted by Crippen LogP contribution is 2.64. The third kappa shape index (κ3) is 0.946. The number of hydrogen-bond acceptors (Lipinski definition) is 1. The van der Waals surface area contributed by atoms with Gasteiger partial charge in [0.2, 0.25) is 0 Å². The van der Waals surface area contributed by atoms with Gasteiger partial charge in [0.15, 0.2) is 0 Å². The van der Waals surface area contributed by atoms with Gasteiger partial charge in [-0.15, -0.1) is 0 Å². The fourth-order valence-electron chi connectivity index (χ4n) is 4.90. The molecule has 0 aliphatic heterocycles. The largest absolute Gasteiger partial charge is 0.327 e. The highest BCUT2D eigenvalue weighted by atomic mass is 14.8. The van der Waals surface area contributed by atoms with Crippen LogP contribution in [0.15, 0.2) is 0 Å². The van der Waals surface area contributed by atoms with Crippen molar-refractivity contribution in [1.82, 2.24) is 0 Å². The Bertz CT molecular complexity index is 234. The van der Waals surface area contributed by atoms with Gasteiger partial charge in [-0.1, -0.05) is 13.8 Å². The number of rotatable bonds is 0. The van der Waals surface area contributed by atoms with Gasteiger partial charge in [0.05, 0.1) is 0 Å². The minimum Gasteiger partial charge on any atom is -0.327 e. The van der Waals surface area contributed by atoms with Crippen LogP contribution in [0.4, 0.5) is 0 Å². The third-order valence-electron chi connectivity index (χ3n) is 5.83. The van der Waals surface area contributed by atoms with Gasteiger partial charge < -0.3 is 5.73 Å². The molecule has 2 bridgehead atoms. The van der Waals surface area contributed by atoms with Gasteiger partial charge in [-0.25, -0.2) is 0 Å². The minimum atomic E-state index is 0.550. The summed E-state index contributed by atoms with van der Waals surface area (Å²) in [4.78, 5) is 0. The normalized spacial score (nSPS) is 61.5. The van der Waals surface area contributed by atoms with Crippen LogP contribution in [0.5, 0.6) is 0 Å². The molecule has 0 heterocycles. The molecule has 2 N–H and O–H groups in total.